The molecule has 0 radical (unpaired) electrons. The highest BCUT2D eigenvalue weighted by molar-refractivity contribution is 6.30. The fourth-order valence-electron chi connectivity index (χ4n) is 3.67. The molecule has 0 unspecified atom stereocenters. The van der Waals surface area contributed by atoms with Gasteiger partial charge in [0, 0.05) is 42.5 Å². The molecule has 10 heteroatoms. The highest BCUT2D eigenvalue weighted by Gasteiger charge is 2.31. The molecule has 0 N–H and O–H groups in total. The Bertz CT molecular complexity index is 1100. The van der Waals surface area contributed by atoms with E-state index in [1.807, 2.05) is 0 Å². The zero-order valence-electron chi connectivity index (χ0n) is 17.4. The Labute approximate surface area is 193 Å². The summed E-state index contributed by atoms with van der Waals surface area (Å²) in [6.07, 6.45) is -2.80. The van der Waals surface area contributed by atoms with Gasteiger partial charge in [0.05, 0.1) is 11.1 Å². The van der Waals surface area contributed by atoms with E-state index < -0.39 is 24.3 Å². The van der Waals surface area contributed by atoms with Crippen LogP contribution in [0.25, 0.3) is 6.08 Å². The van der Waals surface area contributed by atoms with Gasteiger partial charge in [-0.1, -0.05) is 17.7 Å². The van der Waals surface area contributed by atoms with Gasteiger partial charge in [-0.2, -0.15) is 13.2 Å². The Morgan fingerprint density at radius 2 is 1.82 bits per heavy atom. The molecule has 0 saturated carbocycles. The Morgan fingerprint density at radius 3 is 2.55 bits per heavy atom. The molecule has 4 rings (SSSR count). The summed E-state index contributed by atoms with van der Waals surface area (Å²) in [6, 6.07) is 10.2. The summed E-state index contributed by atoms with van der Waals surface area (Å²) in [5.41, 5.74) is 0.661. The average molecular weight is 481 g/mol. The quantitative estimate of drug-likeness (QED) is 0.619. The van der Waals surface area contributed by atoms with Crippen LogP contribution < -0.4 is 9.64 Å². The number of benzene rings is 2. The number of ether oxygens (including phenoxy) is 2. The van der Waals surface area contributed by atoms with Crippen LogP contribution in [0.4, 0.5) is 18.9 Å². The van der Waals surface area contributed by atoms with E-state index in [1.54, 1.807) is 35.2 Å². The normalized spacial score (nSPS) is 15.9. The number of anilines is 1. The zero-order chi connectivity index (χ0) is 23.6. The molecule has 1 saturated heterocycles. The SMILES string of the molecule is O=C(OCC(=O)N1CCN(c2cccc(C(F)(F)F)c2)CC1)C1=Cc2cc(Cl)ccc2OC1. The van der Waals surface area contributed by atoms with E-state index >= 15 is 0 Å². The number of carbonyl (C=O) groups excluding carboxylic acids is 2. The lowest BCUT2D eigenvalue weighted by Gasteiger charge is -2.36. The van der Waals surface area contributed by atoms with Crippen molar-refractivity contribution < 1.29 is 32.2 Å². The minimum atomic E-state index is -4.41. The third kappa shape index (κ3) is 5.42. The van der Waals surface area contributed by atoms with E-state index in [4.69, 9.17) is 21.1 Å². The number of piperazine rings is 1. The highest BCUT2D eigenvalue weighted by Crippen LogP contribution is 2.32. The summed E-state index contributed by atoms with van der Waals surface area (Å²) in [5.74, 6) is -0.421. The summed E-state index contributed by atoms with van der Waals surface area (Å²) >= 11 is 5.97. The smallest absolute Gasteiger partial charge is 0.416 e. The molecule has 33 heavy (non-hydrogen) atoms. The molecule has 2 aromatic carbocycles. The number of fused-ring (bicyclic) bond motifs is 1. The maximum atomic E-state index is 12.9. The molecule has 1 fully saturated rings. The van der Waals surface area contributed by atoms with Crippen LogP contribution in [0, 0.1) is 0 Å². The Morgan fingerprint density at radius 1 is 1.06 bits per heavy atom. The molecule has 0 aromatic heterocycles. The summed E-state index contributed by atoms with van der Waals surface area (Å²) in [7, 11) is 0. The van der Waals surface area contributed by atoms with Crippen molar-refractivity contribution >= 4 is 35.2 Å². The first-order chi connectivity index (χ1) is 15.7. The number of nitrogens with zero attached hydrogens (tertiary/aromatic N) is 2. The molecular weight excluding hydrogens is 461 g/mol. The van der Waals surface area contributed by atoms with Crippen LogP contribution in [0.3, 0.4) is 0 Å². The number of hydrogen-bond donors (Lipinski definition) is 0. The van der Waals surface area contributed by atoms with Gasteiger partial charge < -0.3 is 19.3 Å². The highest BCUT2D eigenvalue weighted by atomic mass is 35.5. The first-order valence-corrected chi connectivity index (χ1v) is 10.6. The molecule has 0 aliphatic carbocycles. The molecular formula is C23H20ClF3N2O4. The van der Waals surface area contributed by atoms with E-state index in [0.29, 0.717) is 48.2 Å². The van der Waals surface area contributed by atoms with Crippen molar-refractivity contribution in [3.8, 4) is 5.75 Å². The molecule has 2 aliphatic heterocycles. The number of rotatable bonds is 4. The maximum Gasteiger partial charge on any atom is 0.416 e. The van der Waals surface area contributed by atoms with Crippen LogP contribution in [0.1, 0.15) is 11.1 Å². The van der Waals surface area contributed by atoms with Gasteiger partial charge in [0.25, 0.3) is 5.91 Å². The molecule has 6 nitrogen and oxygen atoms in total. The van der Waals surface area contributed by atoms with Crippen LogP contribution in [-0.4, -0.2) is 56.2 Å². The molecule has 1 amide bonds. The Kier molecular flexibility index (Phi) is 6.51. The van der Waals surface area contributed by atoms with Gasteiger partial charge in [-0.3, -0.25) is 4.79 Å². The Balaban J connectivity index is 1.29. The number of alkyl halides is 3. The molecule has 174 valence electrons. The van der Waals surface area contributed by atoms with Gasteiger partial charge in [-0.25, -0.2) is 4.79 Å². The topological polar surface area (TPSA) is 59.1 Å². The van der Waals surface area contributed by atoms with Crippen molar-refractivity contribution in [3.05, 3.63) is 64.2 Å². The third-order valence-corrected chi connectivity index (χ3v) is 5.68. The van der Waals surface area contributed by atoms with Crippen LogP contribution >= 0.6 is 11.6 Å². The lowest BCUT2D eigenvalue weighted by Crippen LogP contribution is -2.50. The van der Waals surface area contributed by atoms with Crippen molar-refractivity contribution in [3.63, 3.8) is 0 Å². The predicted molar refractivity (Wildman–Crippen MR) is 116 cm³/mol. The maximum absolute atomic E-state index is 12.9. The fraction of sp³-hybridized carbons (Fsp3) is 0.304. The second-order valence-corrected chi connectivity index (χ2v) is 8.07. The van der Waals surface area contributed by atoms with Crippen molar-refractivity contribution in [1.29, 1.82) is 0 Å². The number of hydrogen-bond acceptors (Lipinski definition) is 5. The first kappa shape index (κ1) is 23.0. The minimum absolute atomic E-state index is 0.0251. The summed E-state index contributed by atoms with van der Waals surface area (Å²) < 4.78 is 49.5. The van der Waals surface area contributed by atoms with E-state index in [-0.39, 0.29) is 18.1 Å². The fourth-order valence-corrected chi connectivity index (χ4v) is 3.85. The predicted octanol–water partition coefficient (Wildman–Crippen LogP) is 4.03. The van der Waals surface area contributed by atoms with Gasteiger partial charge >= 0.3 is 12.1 Å². The molecule has 0 bridgehead atoms. The summed E-state index contributed by atoms with van der Waals surface area (Å²) in [4.78, 5) is 28.1. The zero-order valence-corrected chi connectivity index (χ0v) is 18.2. The lowest BCUT2D eigenvalue weighted by atomic mass is 10.1. The van der Waals surface area contributed by atoms with E-state index in [1.165, 1.54) is 11.0 Å². The lowest BCUT2D eigenvalue weighted by molar-refractivity contribution is -0.149. The standard InChI is InChI=1S/C23H20ClF3N2O4/c24-18-4-5-20-15(11-18)10-16(13-32-20)22(31)33-14-21(30)29-8-6-28(7-9-29)19-3-1-2-17(12-19)23(25,26)27/h1-5,10-12H,6-9,13-14H2. The second kappa shape index (κ2) is 9.35. The Hall–Kier alpha value is -3.20. The number of amides is 1. The number of carbonyl (C=O) groups is 2. The summed E-state index contributed by atoms with van der Waals surface area (Å²) in [6.45, 7) is 0.961. The molecule has 2 aliphatic rings. The van der Waals surface area contributed by atoms with Gasteiger partial charge in [-0.05, 0) is 42.5 Å². The molecule has 0 spiro atoms. The third-order valence-electron chi connectivity index (χ3n) is 5.44. The minimum Gasteiger partial charge on any atom is -0.488 e. The van der Waals surface area contributed by atoms with E-state index in [0.717, 1.165) is 12.1 Å². The van der Waals surface area contributed by atoms with Gasteiger partial charge in [0.1, 0.15) is 12.4 Å². The van der Waals surface area contributed by atoms with Gasteiger partial charge in [0.2, 0.25) is 0 Å². The summed E-state index contributed by atoms with van der Waals surface area (Å²) in [5, 5.41) is 0.502. The van der Waals surface area contributed by atoms with E-state index in [2.05, 4.69) is 0 Å². The van der Waals surface area contributed by atoms with Gasteiger partial charge in [0.15, 0.2) is 6.61 Å². The van der Waals surface area contributed by atoms with Crippen molar-refractivity contribution in [2.45, 2.75) is 6.18 Å². The van der Waals surface area contributed by atoms with Crippen molar-refractivity contribution in [2.75, 3.05) is 44.3 Å². The van der Waals surface area contributed by atoms with Crippen molar-refractivity contribution in [1.82, 2.24) is 4.90 Å². The van der Waals surface area contributed by atoms with Gasteiger partial charge in [-0.15, -0.1) is 0 Å². The van der Waals surface area contributed by atoms with Crippen LogP contribution in [0.15, 0.2) is 48.0 Å². The average Bonchev–Trinajstić information content (AvgIpc) is 2.81. The number of halogens is 4. The largest absolute Gasteiger partial charge is 0.488 e. The van der Waals surface area contributed by atoms with Crippen LogP contribution in [0.5, 0.6) is 5.75 Å². The van der Waals surface area contributed by atoms with Crippen molar-refractivity contribution in [2.24, 2.45) is 0 Å². The first-order valence-electron chi connectivity index (χ1n) is 10.2. The molecule has 0 atom stereocenters. The molecule has 2 heterocycles. The monoisotopic (exact) mass is 480 g/mol. The van der Waals surface area contributed by atoms with Crippen LogP contribution in [-0.2, 0) is 20.5 Å². The molecule has 2 aromatic rings. The number of esters is 1. The van der Waals surface area contributed by atoms with E-state index in [9.17, 15) is 22.8 Å². The van der Waals surface area contributed by atoms with Crippen LogP contribution in [0.2, 0.25) is 5.02 Å². The second-order valence-electron chi connectivity index (χ2n) is 7.63.